The number of rotatable bonds is 5. The first-order chi connectivity index (χ1) is 18.0. The Kier molecular flexibility index (Phi) is 5.85. The van der Waals surface area contributed by atoms with Gasteiger partial charge in [0.1, 0.15) is 22.9 Å². The van der Waals surface area contributed by atoms with Crippen molar-refractivity contribution in [2.45, 2.75) is 12.6 Å². The quantitative estimate of drug-likeness (QED) is 0.229. The van der Waals surface area contributed by atoms with Crippen LogP contribution in [0.4, 0.5) is 4.39 Å². The van der Waals surface area contributed by atoms with Crippen molar-refractivity contribution in [2.75, 3.05) is 0 Å². The van der Waals surface area contributed by atoms with Gasteiger partial charge in [0.15, 0.2) is 5.43 Å². The highest BCUT2D eigenvalue weighted by atomic mass is 79.9. The molecule has 2 heterocycles. The highest BCUT2D eigenvalue weighted by molar-refractivity contribution is 9.10. The van der Waals surface area contributed by atoms with Crippen molar-refractivity contribution < 1.29 is 18.3 Å². The number of nitrogens with zero attached hydrogens (tertiary/aromatic N) is 1. The van der Waals surface area contributed by atoms with Gasteiger partial charge in [-0.1, -0.05) is 58.4 Å². The molecule has 0 aliphatic carbocycles. The molecule has 37 heavy (non-hydrogen) atoms. The molecule has 7 heteroatoms. The molecule has 0 saturated heterocycles. The molecule has 6 rings (SSSR count). The van der Waals surface area contributed by atoms with Crippen LogP contribution in [0.15, 0.2) is 111 Å². The number of amides is 1. The summed E-state index contributed by atoms with van der Waals surface area (Å²) >= 11 is 3.42. The van der Waals surface area contributed by atoms with Gasteiger partial charge in [-0.05, 0) is 65.7 Å². The van der Waals surface area contributed by atoms with E-state index in [-0.39, 0.29) is 29.1 Å². The number of halogens is 2. The van der Waals surface area contributed by atoms with Crippen molar-refractivity contribution >= 4 is 32.8 Å². The summed E-state index contributed by atoms with van der Waals surface area (Å²) in [7, 11) is 0. The molecule has 0 spiro atoms. The number of para-hydroxylation sites is 1. The Morgan fingerprint density at radius 1 is 0.865 bits per heavy atom. The number of carbonyl (C=O) groups excluding carboxylic acids is 1. The molecule has 0 fully saturated rings. The van der Waals surface area contributed by atoms with Crippen LogP contribution < -0.4 is 10.2 Å². The highest BCUT2D eigenvalue weighted by Gasteiger charge is 2.42. The van der Waals surface area contributed by atoms with Crippen LogP contribution in [-0.4, -0.2) is 10.8 Å². The number of benzene rings is 4. The van der Waals surface area contributed by atoms with E-state index in [0.29, 0.717) is 28.0 Å². The van der Waals surface area contributed by atoms with Gasteiger partial charge in [0.05, 0.1) is 17.0 Å². The van der Waals surface area contributed by atoms with E-state index in [0.717, 1.165) is 10.0 Å². The van der Waals surface area contributed by atoms with Crippen LogP contribution in [0, 0.1) is 5.82 Å². The van der Waals surface area contributed by atoms with E-state index >= 15 is 0 Å². The van der Waals surface area contributed by atoms with Gasteiger partial charge in [-0.2, -0.15) is 0 Å². The second-order valence-electron chi connectivity index (χ2n) is 8.76. The minimum Gasteiger partial charge on any atom is -0.457 e. The number of hydrogen-bond acceptors (Lipinski definition) is 4. The van der Waals surface area contributed by atoms with Gasteiger partial charge in [0.2, 0.25) is 5.76 Å². The van der Waals surface area contributed by atoms with Crippen LogP contribution in [0.25, 0.3) is 11.0 Å². The van der Waals surface area contributed by atoms with Crippen molar-refractivity contribution in [1.29, 1.82) is 0 Å². The average molecular weight is 556 g/mol. The van der Waals surface area contributed by atoms with E-state index in [1.807, 2.05) is 54.6 Å². The lowest BCUT2D eigenvalue weighted by molar-refractivity contribution is 0.0714. The Hall–Kier alpha value is -4.23. The summed E-state index contributed by atoms with van der Waals surface area (Å²) in [6.07, 6.45) is 0. The maximum absolute atomic E-state index is 13.8. The smallest absolute Gasteiger partial charge is 0.291 e. The second-order valence-corrected chi connectivity index (χ2v) is 9.68. The summed E-state index contributed by atoms with van der Waals surface area (Å²) in [6, 6.07) is 27.0. The summed E-state index contributed by atoms with van der Waals surface area (Å²) in [5.41, 5.74) is 1.76. The normalized spacial score (nSPS) is 14.7. The largest absolute Gasteiger partial charge is 0.457 e. The lowest BCUT2D eigenvalue weighted by Gasteiger charge is -2.25. The lowest BCUT2D eigenvalue weighted by atomic mass is 9.98. The van der Waals surface area contributed by atoms with Gasteiger partial charge in [-0.15, -0.1) is 0 Å². The van der Waals surface area contributed by atoms with Gasteiger partial charge in [-0.25, -0.2) is 4.39 Å². The third kappa shape index (κ3) is 4.32. The van der Waals surface area contributed by atoms with Gasteiger partial charge in [0, 0.05) is 11.0 Å². The molecular formula is C30H19BrFNO4. The standard InChI is InChI=1S/C30H19BrFNO4/c31-20-11-14-25-24(16-20)28(34)26-27(19-5-4-8-23(15-19)36-22-6-2-1-3-7-22)33(30(35)29(26)37-25)17-18-9-12-21(32)13-10-18/h1-16,27H,17H2. The van der Waals surface area contributed by atoms with E-state index in [4.69, 9.17) is 9.15 Å². The predicted octanol–water partition coefficient (Wildman–Crippen LogP) is 7.23. The predicted molar refractivity (Wildman–Crippen MR) is 141 cm³/mol. The van der Waals surface area contributed by atoms with Crippen LogP contribution in [-0.2, 0) is 6.54 Å². The molecule has 0 saturated carbocycles. The van der Waals surface area contributed by atoms with Crippen LogP contribution in [0.5, 0.6) is 11.5 Å². The van der Waals surface area contributed by atoms with Crippen LogP contribution in [0.2, 0.25) is 0 Å². The Bertz CT molecular complexity index is 1700. The number of hydrogen-bond donors (Lipinski definition) is 0. The maximum atomic E-state index is 13.8. The Labute approximate surface area is 219 Å². The van der Waals surface area contributed by atoms with Crippen molar-refractivity contribution in [3.8, 4) is 11.5 Å². The minimum absolute atomic E-state index is 0.0151. The topological polar surface area (TPSA) is 59.8 Å². The average Bonchev–Trinajstić information content (AvgIpc) is 3.18. The molecule has 1 amide bonds. The third-order valence-corrected chi connectivity index (χ3v) is 6.84. The van der Waals surface area contributed by atoms with Crippen LogP contribution in [0.3, 0.4) is 0 Å². The van der Waals surface area contributed by atoms with Crippen molar-refractivity contribution in [2.24, 2.45) is 0 Å². The van der Waals surface area contributed by atoms with E-state index < -0.39 is 11.9 Å². The second kappa shape index (κ2) is 9.33. The van der Waals surface area contributed by atoms with Crippen LogP contribution >= 0.6 is 15.9 Å². The minimum atomic E-state index is -0.716. The highest BCUT2D eigenvalue weighted by Crippen LogP contribution is 2.40. The van der Waals surface area contributed by atoms with E-state index in [9.17, 15) is 14.0 Å². The first-order valence-electron chi connectivity index (χ1n) is 11.6. The third-order valence-electron chi connectivity index (χ3n) is 6.35. The fourth-order valence-electron chi connectivity index (χ4n) is 4.66. The van der Waals surface area contributed by atoms with E-state index in [2.05, 4.69) is 15.9 Å². The number of ether oxygens (including phenoxy) is 1. The number of fused-ring (bicyclic) bond motifs is 2. The summed E-state index contributed by atoms with van der Waals surface area (Å²) in [5.74, 6) is 0.484. The molecule has 4 aromatic carbocycles. The fourth-order valence-corrected chi connectivity index (χ4v) is 5.02. The molecule has 1 atom stereocenters. The number of carbonyl (C=O) groups is 1. The molecule has 182 valence electrons. The molecule has 1 unspecified atom stereocenters. The Morgan fingerprint density at radius 2 is 1.62 bits per heavy atom. The maximum Gasteiger partial charge on any atom is 0.291 e. The van der Waals surface area contributed by atoms with Gasteiger partial charge in [-0.3, -0.25) is 9.59 Å². The summed E-state index contributed by atoms with van der Waals surface area (Å²) < 4.78 is 26.3. The molecule has 1 aliphatic rings. The first kappa shape index (κ1) is 23.2. The molecule has 5 nitrogen and oxygen atoms in total. The van der Waals surface area contributed by atoms with Gasteiger partial charge in [0.25, 0.3) is 5.91 Å². The van der Waals surface area contributed by atoms with Crippen LogP contribution in [0.1, 0.15) is 33.3 Å². The Balaban J connectivity index is 1.50. The fraction of sp³-hybridized carbons (Fsp3) is 0.0667. The monoisotopic (exact) mass is 555 g/mol. The molecule has 1 aromatic heterocycles. The SMILES string of the molecule is O=C1c2oc3ccc(Br)cc3c(=O)c2C(c2cccc(Oc3ccccc3)c2)N1Cc1ccc(F)cc1. The molecule has 5 aromatic rings. The zero-order chi connectivity index (χ0) is 25.5. The summed E-state index contributed by atoms with van der Waals surface area (Å²) in [5, 5.41) is 0.381. The zero-order valence-corrected chi connectivity index (χ0v) is 20.9. The van der Waals surface area contributed by atoms with E-state index in [1.54, 1.807) is 35.2 Å². The molecular weight excluding hydrogens is 537 g/mol. The van der Waals surface area contributed by atoms with Crippen molar-refractivity contribution in [1.82, 2.24) is 4.90 Å². The molecule has 0 bridgehead atoms. The summed E-state index contributed by atoms with van der Waals surface area (Å²) in [6.45, 7) is 0.164. The lowest BCUT2D eigenvalue weighted by Crippen LogP contribution is -2.29. The van der Waals surface area contributed by atoms with Gasteiger partial charge >= 0.3 is 0 Å². The molecule has 0 N–H and O–H groups in total. The van der Waals surface area contributed by atoms with Gasteiger partial charge < -0.3 is 14.1 Å². The Morgan fingerprint density at radius 3 is 2.41 bits per heavy atom. The first-order valence-corrected chi connectivity index (χ1v) is 12.4. The zero-order valence-electron chi connectivity index (χ0n) is 19.4. The van der Waals surface area contributed by atoms with E-state index in [1.165, 1.54) is 12.1 Å². The molecule has 0 radical (unpaired) electrons. The summed E-state index contributed by atoms with van der Waals surface area (Å²) in [4.78, 5) is 29.0. The molecule has 1 aliphatic heterocycles. The van der Waals surface area contributed by atoms with Crippen molar-refractivity contribution in [3.05, 3.63) is 140 Å². The van der Waals surface area contributed by atoms with Crippen molar-refractivity contribution in [3.63, 3.8) is 0 Å².